The summed E-state index contributed by atoms with van der Waals surface area (Å²) in [5.41, 5.74) is 4.10. The van der Waals surface area contributed by atoms with Crippen molar-refractivity contribution >= 4 is 0 Å². The van der Waals surface area contributed by atoms with Gasteiger partial charge in [-0.2, -0.15) is 0 Å². The maximum absolute atomic E-state index is 11.2. The van der Waals surface area contributed by atoms with Gasteiger partial charge in [-0.05, 0) is 22.3 Å². The van der Waals surface area contributed by atoms with Crippen molar-refractivity contribution in [2.24, 2.45) is 0 Å². The first kappa shape index (κ1) is 28.2. The molecule has 5 rings (SSSR count). The molecule has 1 aliphatic heterocycles. The number of rotatable bonds is 13. The largest absolute Gasteiger partial charge is 0.374 e. The van der Waals surface area contributed by atoms with Gasteiger partial charge in [-0.25, -0.2) is 0 Å². The molecule has 6 heteroatoms. The van der Waals surface area contributed by atoms with Crippen molar-refractivity contribution in [3.05, 3.63) is 144 Å². The average molecular weight is 541 g/mol. The fourth-order valence-corrected chi connectivity index (χ4v) is 4.77. The predicted octanol–water partition coefficient (Wildman–Crippen LogP) is 5.68. The molecule has 2 unspecified atom stereocenters. The van der Waals surface area contributed by atoms with Crippen LogP contribution in [0.4, 0.5) is 0 Å². The van der Waals surface area contributed by atoms with Gasteiger partial charge >= 0.3 is 0 Å². The number of hydrogen-bond acceptors (Lipinski definition) is 6. The second-order valence-electron chi connectivity index (χ2n) is 9.85. The minimum atomic E-state index is -1.22. The summed E-state index contributed by atoms with van der Waals surface area (Å²) in [6.45, 7) is 1.65. The Morgan fingerprint density at radius 2 is 0.850 bits per heavy atom. The highest BCUT2D eigenvalue weighted by Gasteiger charge is 2.48. The molecule has 0 bridgehead atoms. The Morgan fingerprint density at radius 1 is 0.475 bits per heavy atom. The lowest BCUT2D eigenvalue weighted by Crippen LogP contribution is -2.61. The van der Waals surface area contributed by atoms with Gasteiger partial charge in [0, 0.05) is 0 Å². The fraction of sp³-hybridized carbons (Fsp3) is 0.294. The summed E-state index contributed by atoms with van der Waals surface area (Å²) in [5, 5.41) is 11.2. The van der Waals surface area contributed by atoms with Gasteiger partial charge in [0.05, 0.1) is 33.0 Å². The normalized spacial score (nSPS) is 22.7. The Balaban J connectivity index is 1.36. The van der Waals surface area contributed by atoms with Gasteiger partial charge in [0.2, 0.25) is 0 Å². The zero-order chi connectivity index (χ0) is 27.4. The Labute approximate surface area is 236 Å². The van der Waals surface area contributed by atoms with Crippen molar-refractivity contribution in [1.82, 2.24) is 0 Å². The van der Waals surface area contributed by atoms with E-state index in [0.717, 1.165) is 22.3 Å². The summed E-state index contributed by atoms with van der Waals surface area (Å²) in [6, 6.07) is 39.7. The Kier molecular flexibility index (Phi) is 10.5. The van der Waals surface area contributed by atoms with Gasteiger partial charge in [0.15, 0.2) is 6.29 Å². The van der Waals surface area contributed by atoms with Crippen molar-refractivity contribution in [1.29, 1.82) is 0 Å². The molecule has 0 aromatic heterocycles. The van der Waals surface area contributed by atoms with Crippen molar-refractivity contribution in [2.45, 2.75) is 57.1 Å². The van der Waals surface area contributed by atoms with E-state index in [0.29, 0.717) is 26.4 Å². The van der Waals surface area contributed by atoms with Gasteiger partial charge in [-0.15, -0.1) is 0 Å². The third-order valence-electron chi connectivity index (χ3n) is 6.86. The molecule has 1 fully saturated rings. The van der Waals surface area contributed by atoms with Crippen LogP contribution < -0.4 is 0 Å². The molecule has 208 valence electrons. The van der Waals surface area contributed by atoms with E-state index < -0.39 is 30.7 Å². The lowest BCUT2D eigenvalue weighted by atomic mass is 9.98. The number of aliphatic hydroxyl groups excluding tert-OH is 1. The van der Waals surface area contributed by atoms with E-state index in [1.807, 2.05) is 121 Å². The summed E-state index contributed by atoms with van der Waals surface area (Å²) < 4.78 is 31.4. The smallest absolute Gasteiger partial charge is 0.184 e. The molecule has 0 saturated carbocycles. The highest BCUT2D eigenvalue weighted by atomic mass is 16.7. The second-order valence-corrected chi connectivity index (χ2v) is 9.85. The van der Waals surface area contributed by atoms with Gasteiger partial charge < -0.3 is 28.8 Å². The number of hydrogen-bond donors (Lipinski definition) is 1. The summed E-state index contributed by atoms with van der Waals surface area (Å²) in [4.78, 5) is 0. The maximum Gasteiger partial charge on any atom is 0.184 e. The molecule has 1 heterocycles. The van der Waals surface area contributed by atoms with Crippen LogP contribution in [0.5, 0.6) is 0 Å². The molecule has 0 radical (unpaired) electrons. The Bertz CT molecular complexity index is 1240. The second kappa shape index (κ2) is 14.9. The van der Waals surface area contributed by atoms with E-state index in [2.05, 4.69) is 0 Å². The summed E-state index contributed by atoms with van der Waals surface area (Å²) in [6.07, 6.45) is -3.72. The van der Waals surface area contributed by atoms with Crippen LogP contribution in [0.15, 0.2) is 121 Å². The zero-order valence-corrected chi connectivity index (χ0v) is 22.5. The summed E-state index contributed by atoms with van der Waals surface area (Å²) in [5.74, 6) is 0. The molecule has 1 aliphatic rings. The molecular weight excluding hydrogens is 504 g/mol. The SMILES string of the molecule is OC1OC(COCc2ccccc2)[C@@H](OCc2ccccc2)[C@H](OCc2ccccc2)[C@H]1OCc1ccccc1. The molecule has 0 amide bonds. The maximum atomic E-state index is 11.2. The van der Waals surface area contributed by atoms with Crippen LogP contribution in [-0.2, 0) is 50.1 Å². The van der Waals surface area contributed by atoms with Crippen molar-refractivity contribution < 1.29 is 28.8 Å². The lowest BCUT2D eigenvalue weighted by molar-refractivity contribution is -0.317. The molecular formula is C34H36O6. The Morgan fingerprint density at radius 3 is 1.30 bits per heavy atom. The van der Waals surface area contributed by atoms with Crippen LogP contribution in [-0.4, -0.2) is 42.4 Å². The van der Waals surface area contributed by atoms with Gasteiger partial charge in [-0.3, -0.25) is 0 Å². The Hall–Kier alpha value is -3.36. The highest BCUT2D eigenvalue weighted by molar-refractivity contribution is 5.16. The van der Waals surface area contributed by atoms with Crippen molar-refractivity contribution in [2.75, 3.05) is 6.61 Å². The highest BCUT2D eigenvalue weighted by Crippen LogP contribution is 2.30. The molecule has 0 aliphatic carbocycles. The first-order chi connectivity index (χ1) is 19.8. The van der Waals surface area contributed by atoms with Crippen LogP contribution in [0.3, 0.4) is 0 Å². The standard InChI is InChI=1S/C34H36O6/c35-34-33(39-24-29-19-11-4-12-20-29)32(38-23-28-17-9-3-10-18-28)31(37-22-27-15-7-2-8-16-27)30(40-34)25-36-21-26-13-5-1-6-14-26/h1-20,30-35H,21-25H2/t30?,31-,32+,33-,34?/m1/s1. The number of ether oxygens (including phenoxy) is 5. The molecule has 4 aromatic rings. The van der Waals surface area contributed by atoms with E-state index >= 15 is 0 Å². The molecule has 0 spiro atoms. The van der Waals surface area contributed by atoms with Crippen molar-refractivity contribution in [3.63, 3.8) is 0 Å². The molecule has 6 nitrogen and oxygen atoms in total. The quantitative estimate of drug-likeness (QED) is 0.236. The monoisotopic (exact) mass is 540 g/mol. The van der Waals surface area contributed by atoms with Gasteiger partial charge in [0.1, 0.15) is 24.4 Å². The molecule has 40 heavy (non-hydrogen) atoms. The number of benzene rings is 4. The van der Waals surface area contributed by atoms with Crippen LogP contribution in [0.25, 0.3) is 0 Å². The third-order valence-corrected chi connectivity index (χ3v) is 6.86. The van der Waals surface area contributed by atoms with Gasteiger partial charge in [-0.1, -0.05) is 121 Å². The third kappa shape index (κ3) is 8.08. The fourth-order valence-electron chi connectivity index (χ4n) is 4.77. The van der Waals surface area contributed by atoms with Crippen molar-refractivity contribution in [3.8, 4) is 0 Å². The summed E-state index contributed by atoms with van der Waals surface area (Å²) in [7, 11) is 0. The van der Waals surface area contributed by atoms with Crippen LogP contribution >= 0.6 is 0 Å². The average Bonchev–Trinajstić information content (AvgIpc) is 3.01. The van der Waals surface area contributed by atoms with Crippen LogP contribution in [0.1, 0.15) is 22.3 Å². The summed E-state index contributed by atoms with van der Waals surface area (Å²) >= 11 is 0. The van der Waals surface area contributed by atoms with Gasteiger partial charge in [0.25, 0.3) is 0 Å². The van der Waals surface area contributed by atoms with E-state index in [1.165, 1.54) is 0 Å². The number of aliphatic hydroxyl groups is 1. The first-order valence-electron chi connectivity index (χ1n) is 13.7. The first-order valence-corrected chi connectivity index (χ1v) is 13.7. The van der Waals surface area contributed by atoms with Crippen LogP contribution in [0.2, 0.25) is 0 Å². The molecule has 4 aromatic carbocycles. The lowest BCUT2D eigenvalue weighted by Gasteiger charge is -2.44. The van der Waals surface area contributed by atoms with E-state index in [9.17, 15) is 5.11 Å². The molecule has 1 N–H and O–H groups in total. The zero-order valence-electron chi connectivity index (χ0n) is 22.5. The van der Waals surface area contributed by atoms with E-state index in [-0.39, 0.29) is 6.61 Å². The topological polar surface area (TPSA) is 66.4 Å². The van der Waals surface area contributed by atoms with E-state index in [1.54, 1.807) is 0 Å². The molecule has 5 atom stereocenters. The predicted molar refractivity (Wildman–Crippen MR) is 152 cm³/mol. The van der Waals surface area contributed by atoms with Crippen LogP contribution in [0, 0.1) is 0 Å². The minimum Gasteiger partial charge on any atom is -0.374 e. The molecule has 1 saturated heterocycles. The minimum absolute atomic E-state index is 0.224. The van der Waals surface area contributed by atoms with E-state index in [4.69, 9.17) is 23.7 Å².